The smallest absolute Gasteiger partial charge is 0.0558 e. The molecule has 1 aromatic rings. The van der Waals surface area contributed by atoms with Gasteiger partial charge in [-0.05, 0) is 18.0 Å². The van der Waals surface area contributed by atoms with E-state index in [0.717, 1.165) is 26.2 Å². The predicted octanol–water partition coefficient (Wildman–Crippen LogP) is 0.653. The zero-order valence-electron chi connectivity index (χ0n) is 9.55. The molecule has 1 saturated heterocycles. The molecule has 3 heteroatoms. The zero-order valence-corrected chi connectivity index (χ0v) is 9.55. The minimum absolute atomic E-state index is 0.235. The summed E-state index contributed by atoms with van der Waals surface area (Å²) in [5.41, 5.74) is 7.20. The first-order valence-electron chi connectivity index (χ1n) is 5.93. The summed E-state index contributed by atoms with van der Waals surface area (Å²) in [6.07, 6.45) is 0. The van der Waals surface area contributed by atoms with Crippen LogP contribution >= 0.6 is 0 Å². The summed E-state index contributed by atoms with van der Waals surface area (Å²) in [4.78, 5) is 2.30. The van der Waals surface area contributed by atoms with Crippen LogP contribution < -0.4 is 5.73 Å². The maximum absolute atomic E-state index is 8.97. The van der Waals surface area contributed by atoms with Crippen molar-refractivity contribution in [3.05, 3.63) is 35.9 Å². The van der Waals surface area contributed by atoms with E-state index >= 15 is 0 Å². The Morgan fingerprint density at radius 2 is 2.00 bits per heavy atom. The van der Waals surface area contributed by atoms with Crippen LogP contribution in [0.3, 0.4) is 0 Å². The number of aliphatic hydroxyl groups is 1. The Labute approximate surface area is 96.9 Å². The van der Waals surface area contributed by atoms with Crippen LogP contribution in [0.25, 0.3) is 0 Å². The van der Waals surface area contributed by atoms with E-state index in [2.05, 4.69) is 29.2 Å². The fourth-order valence-electron chi connectivity index (χ4n) is 2.60. The lowest BCUT2D eigenvalue weighted by Crippen LogP contribution is -2.25. The second kappa shape index (κ2) is 5.43. The van der Waals surface area contributed by atoms with Gasteiger partial charge in [-0.15, -0.1) is 0 Å². The number of likely N-dealkylation sites (tertiary alicyclic amines) is 1. The van der Waals surface area contributed by atoms with Gasteiger partial charge >= 0.3 is 0 Å². The van der Waals surface area contributed by atoms with Gasteiger partial charge in [-0.3, -0.25) is 0 Å². The van der Waals surface area contributed by atoms with Gasteiger partial charge in [-0.1, -0.05) is 30.3 Å². The minimum atomic E-state index is 0.235. The van der Waals surface area contributed by atoms with Crippen LogP contribution in [0.5, 0.6) is 0 Å². The second-order valence-corrected chi connectivity index (χ2v) is 4.50. The molecule has 1 aliphatic rings. The summed E-state index contributed by atoms with van der Waals surface area (Å²) in [5, 5.41) is 8.97. The van der Waals surface area contributed by atoms with Crippen LogP contribution in [0.1, 0.15) is 11.5 Å². The Morgan fingerprint density at radius 1 is 1.25 bits per heavy atom. The van der Waals surface area contributed by atoms with Gasteiger partial charge in [0.05, 0.1) is 6.61 Å². The molecule has 1 aliphatic heterocycles. The topological polar surface area (TPSA) is 49.5 Å². The minimum Gasteiger partial charge on any atom is -0.395 e. The SMILES string of the molecule is NC[C@@H]1CN(CCO)C[C@H]1c1ccccc1. The van der Waals surface area contributed by atoms with Crippen LogP contribution in [0.15, 0.2) is 30.3 Å². The molecule has 16 heavy (non-hydrogen) atoms. The van der Waals surface area contributed by atoms with Crippen molar-refractivity contribution in [2.75, 3.05) is 32.8 Å². The fourth-order valence-corrected chi connectivity index (χ4v) is 2.60. The molecule has 2 atom stereocenters. The van der Waals surface area contributed by atoms with Gasteiger partial charge in [0, 0.05) is 25.6 Å². The standard InChI is InChI=1S/C13H20N2O/c14-8-12-9-15(6-7-16)10-13(12)11-4-2-1-3-5-11/h1-5,12-13,16H,6-10,14H2/t12-,13+/m1/s1. The molecule has 3 nitrogen and oxygen atoms in total. The van der Waals surface area contributed by atoms with Crippen LogP contribution in [-0.4, -0.2) is 42.8 Å². The maximum Gasteiger partial charge on any atom is 0.0558 e. The lowest BCUT2D eigenvalue weighted by atomic mass is 9.89. The van der Waals surface area contributed by atoms with Crippen molar-refractivity contribution in [2.45, 2.75) is 5.92 Å². The summed E-state index contributed by atoms with van der Waals surface area (Å²) in [5.74, 6) is 1.05. The average molecular weight is 220 g/mol. The third kappa shape index (κ3) is 2.43. The lowest BCUT2D eigenvalue weighted by molar-refractivity contribution is 0.217. The van der Waals surface area contributed by atoms with Crippen LogP contribution in [0, 0.1) is 5.92 Å². The molecule has 1 aromatic carbocycles. The van der Waals surface area contributed by atoms with Crippen molar-refractivity contribution in [1.29, 1.82) is 0 Å². The highest BCUT2D eigenvalue weighted by molar-refractivity contribution is 5.22. The van der Waals surface area contributed by atoms with Crippen LogP contribution in [-0.2, 0) is 0 Å². The Kier molecular flexibility index (Phi) is 3.93. The van der Waals surface area contributed by atoms with Gasteiger partial charge in [0.2, 0.25) is 0 Å². The first-order chi connectivity index (χ1) is 7.85. The number of rotatable bonds is 4. The quantitative estimate of drug-likeness (QED) is 0.783. The number of hydrogen-bond acceptors (Lipinski definition) is 3. The van der Waals surface area contributed by atoms with Crippen molar-refractivity contribution in [3.8, 4) is 0 Å². The van der Waals surface area contributed by atoms with E-state index in [0.29, 0.717) is 11.8 Å². The highest BCUT2D eigenvalue weighted by atomic mass is 16.3. The molecular weight excluding hydrogens is 200 g/mol. The van der Waals surface area contributed by atoms with Crippen molar-refractivity contribution in [1.82, 2.24) is 4.90 Å². The number of nitrogens with two attached hydrogens (primary N) is 1. The second-order valence-electron chi connectivity index (χ2n) is 4.50. The number of β-amino-alcohol motifs (C(OH)–C–C–N with tert-alkyl or cyclic N) is 1. The number of hydrogen-bond donors (Lipinski definition) is 2. The Morgan fingerprint density at radius 3 is 2.62 bits per heavy atom. The molecule has 0 unspecified atom stereocenters. The molecule has 0 aliphatic carbocycles. The van der Waals surface area contributed by atoms with E-state index in [1.807, 2.05) is 6.07 Å². The van der Waals surface area contributed by atoms with Gasteiger partial charge in [0.1, 0.15) is 0 Å². The summed E-state index contributed by atoms with van der Waals surface area (Å²) in [7, 11) is 0. The van der Waals surface area contributed by atoms with E-state index < -0.39 is 0 Å². The molecule has 1 heterocycles. The molecule has 0 spiro atoms. The molecule has 0 radical (unpaired) electrons. The van der Waals surface area contributed by atoms with Crippen LogP contribution in [0.4, 0.5) is 0 Å². The van der Waals surface area contributed by atoms with Crippen molar-refractivity contribution in [3.63, 3.8) is 0 Å². The molecule has 0 aromatic heterocycles. The highest BCUT2D eigenvalue weighted by Crippen LogP contribution is 2.31. The maximum atomic E-state index is 8.97. The normalized spacial score (nSPS) is 26.1. The summed E-state index contributed by atoms with van der Waals surface area (Å²) in [6.45, 7) is 3.75. The molecule has 0 bridgehead atoms. The van der Waals surface area contributed by atoms with Gasteiger partial charge in [0.25, 0.3) is 0 Å². The van der Waals surface area contributed by atoms with Crippen molar-refractivity contribution in [2.24, 2.45) is 11.7 Å². The molecule has 88 valence electrons. The van der Waals surface area contributed by atoms with E-state index in [1.165, 1.54) is 5.56 Å². The number of benzene rings is 1. The zero-order chi connectivity index (χ0) is 11.4. The third-order valence-electron chi connectivity index (χ3n) is 3.46. The van der Waals surface area contributed by atoms with Gasteiger partial charge in [-0.25, -0.2) is 0 Å². The summed E-state index contributed by atoms with van der Waals surface area (Å²) >= 11 is 0. The fraction of sp³-hybridized carbons (Fsp3) is 0.538. The van der Waals surface area contributed by atoms with E-state index in [4.69, 9.17) is 10.8 Å². The third-order valence-corrected chi connectivity index (χ3v) is 3.46. The molecule has 2 rings (SSSR count). The van der Waals surface area contributed by atoms with Gasteiger partial charge < -0.3 is 15.7 Å². The highest BCUT2D eigenvalue weighted by Gasteiger charge is 2.32. The van der Waals surface area contributed by atoms with Gasteiger partial charge in [0.15, 0.2) is 0 Å². The predicted molar refractivity (Wildman–Crippen MR) is 65.3 cm³/mol. The monoisotopic (exact) mass is 220 g/mol. The van der Waals surface area contributed by atoms with Gasteiger partial charge in [-0.2, -0.15) is 0 Å². The van der Waals surface area contributed by atoms with E-state index in [9.17, 15) is 0 Å². The Balaban J connectivity index is 2.09. The number of aliphatic hydroxyl groups excluding tert-OH is 1. The lowest BCUT2D eigenvalue weighted by Gasteiger charge is -2.16. The van der Waals surface area contributed by atoms with Crippen LogP contribution in [0.2, 0.25) is 0 Å². The summed E-state index contributed by atoms with van der Waals surface area (Å²) < 4.78 is 0. The van der Waals surface area contributed by atoms with Crippen molar-refractivity contribution >= 4 is 0 Å². The largest absolute Gasteiger partial charge is 0.395 e. The number of nitrogens with zero attached hydrogens (tertiary/aromatic N) is 1. The molecule has 0 amide bonds. The summed E-state index contributed by atoms with van der Waals surface area (Å²) in [6, 6.07) is 10.6. The Bertz CT molecular complexity index is 315. The molecule has 0 saturated carbocycles. The first kappa shape index (κ1) is 11.6. The molecular formula is C13H20N2O. The van der Waals surface area contributed by atoms with E-state index in [-0.39, 0.29) is 6.61 Å². The van der Waals surface area contributed by atoms with Crippen molar-refractivity contribution < 1.29 is 5.11 Å². The molecule has 3 N–H and O–H groups in total. The Hall–Kier alpha value is -0.900. The van der Waals surface area contributed by atoms with E-state index in [1.54, 1.807) is 0 Å². The average Bonchev–Trinajstić information content (AvgIpc) is 2.74. The molecule has 1 fully saturated rings. The first-order valence-corrected chi connectivity index (χ1v) is 5.93.